The molecule has 7 heteroatoms. The van der Waals surface area contributed by atoms with Gasteiger partial charge in [-0.1, -0.05) is 11.6 Å². The van der Waals surface area contributed by atoms with Gasteiger partial charge in [-0.15, -0.1) is 0 Å². The Morgan fingerprint density at radius 1 is 1.57 bits per heavy atom. The van der Waals surface area contributed by atoms with Gasteiger partial charge in [-0.25, -0.2) is 4.68 Å². The zero-order valence-corrected chi connectivity index (χ0v) is 13.7. The number of aromatic nitrogens is 2. The van der Waals surface area contributed by atoms with Crippen molar-refractivity contribution < 1.29 is 0 Å². The lowest BCUT2D eigenvalue weighted by atomic mass is 10.0. The van der Waals surface area contributed by atoms with Crippen LogP contribution in [0, 0.1) is 5.92 Å². The molecule has 1 fully saturated rings. The van der Waals surface area contributed by atoms with E-state index in [0.29, 0.717) is 12.5 Å². The summed E-state index contributed by atoms with van der Waals surface area (Å²) in [5.41, 5.74) is 6.46. The standard InChI is InChI=1S/C14H24ClN5O/c1-10(16)11-4-5-19(9-11)12-8-17-20(7-6-18(2)3)14(21)13(12)15/h8,10-11H,4-7,9,16H2,1-3H3. The third kappa shape index (κ3) is 3.75. The zero-order valence-electron chi connectivity index (χ0n) is 12.9. The first-order valence-electron chi connectivity index (χ1n) is 7.31. The lowest BCUT2D eigenvalue weighted by Gasteiger charge is -2.21. The van der Waals surface area contributed by atoms with Crippen molar-refractivity contribution in [2.75, 3.05) is 38.6 Å². The van der Waals surface area contributed by atoms with E-state index in [1.165, 1.54) is 4.68 Å². The summed E-state index contributed by atoms with van der Waals surface area (Å²) in [6, 6.07) is 0.155. The Labute approximate surface area is 130 Å². The molecule has 0 amide bonds. The Morgan fingerprint density at radius 3 is 2.86 bits per heavy atom. The lowest BCUT2D eigenvalue weighted by molar-refractivity contribution is 0.367. The monoisotopic (exact) mass is 313 g/mol. The van der Waals surface area contributed by atoms with E-state index in [1.54, 1.807) is 6.20 Å². The van der Waals surface area contributed by atoms with Crippen molar-refractivity contribution >= 4 is 17.3 Å². The molecular formula is C14H24ClN5O. The minimum atomic E-state index is -0.222. The third-order valence-corrected chi connectivity index (χ3v) is 4.39. The maximum Gasteiger partial charge on any atom is 0.287 e. The van der Waals surface area contributed by atoms with Gasteiger partial charge in [0.15, 0.2) is 0 Å². The van der Waals surface area contributed by atoms with E-state index in [4.69, 9.17) is 17.3 Å². The van der Waals surface area contributed by atoms with Gasteiger partial charge in [0.25, 0.3) is 5.56 Å². The molecule has 2 unspecified atom stereocenters. The molecule has 1 aromatic heterocycles. The summed E-state index contributed by atoms with van der Waals surface area (Å²) in [7, 11) is 3.92. The van der Waals surface area contributed by atoms with E-state index >= 15 is 0 Å². The van der Waals surface area contributed by atoms with Crippen LogP contribution in [-0.4, -0.2) is 54.5 Å². The first-order chi connectivity index (χ1) is 9.90. The topological polar surface area (TPSA) is 67.4 Å². The van der Waals surface area contributed by atoms with Crippen LogP contribution in [-0.2, 0) is 6.54 Å². The molecule has 0 spiro atoms. The molecule has 6 nitrogen and oxygen atoms in total. The molecule has 0 saturated carbocycles. The number of anilines is 1. The van der Waals surface area contributed by atoms with Crippen LogP contribution in [0.4, 0.5) is 5.69 Å². The maximum atomic E-state index is 12.3. The molecule has 2 N–H and O–H groups in total. The summed E-state index contributed by atoms with van der Waals surface area (Å²) in [5, 5.41) is 4.50. The Morgan fingerprint density at radius 2 is 2.29 bits per heavy atom. The summed E-state index contributed by atoms with van der Waals surface area (Å²) >= 11 is 6.26. The number of nitrogens with zero attached hydrogens (tertiary/aromatic N) is 4. The van der Waals surface area contributed by atoms with Crippen LogP contribution in [0.25, 0.3) is 0 Å². The molecule has 0 aliphatic carbocycles. The fourth-order valence-electron chi connectivity index (χ4n) is 2.57. The molecule has 0 aromatic carbocycles. The van der Waals surface area contributed by atoms with Crippen LogP contribution in [0.15, 0.2) is 11.0 Å². The van der Waals surface area contributed by atoms with E-state index in [1.807, 2.05) is 25.9 Å². The summed E-state index contributed by atoms with van der Waals surface area (Å²) < 4.78 is 1.42. The Bertz CT molecular complexity index is 543. The Balaban J connectivity index is 2.16. The van der Waals surface area contributed by atoms with Crippen LogP contribution in [0.3, 0.4) is 0 Å². The number of hydrogen-bond acceptors (Lipinski definition) is 5. The SMILES string of the molecule is CC(N)C1CCN(c2cnn(CCN(C)C)c(=O)c2Cl)C1. The van der Waals surface area contributed by atoms with Crippen LogP contribution in [0.1, 0.15) is 13.3 Å². The summed E-state index contributed by atoms with van der Waals surface area (Å²) in [6.07, 6.45) is 2.72. The van der Waals surface area contributed by atoms with Crippen LogP contribution in [0.2, 0.25) is 5.02 Å². The molecule has 0 bridgehead atoms. The Hall–Kier alpha value is -1.11. The molecular weight excluding hydrogens is 290 g/mol. The number of likely N-dealkylation sites (N-methyl/N-ethyl adjacent to an activating group) is 1. The molecule has 0 radical (unpaired) electrons. The van der Waals surface area contributed by atoms with Gasteiger partial charge in [0.05, 0.1) is 18.4 Å². The molecule has 2 heterocycles. The van der Waals surface area contributed by atoms with E-state index in [9.17, 15) is 4.79 Å². The second kappa shape index (κ2) is 6.77. The number of halogens is 1. The molecule has 1 aromatic rings. The van der Waals surface area contributed by atoms with Crippen LogP contribution >= 0.6 is 11.6 Å². The molecule has 2 atom stereocenters. The predicted octanol–water partition coefficient (Wildman–Crippen LogP) is 0.632. The van der Waals surface area contributed by atoms with Gasteiger partial charge in [0, 0.05) is 25.7 Å². The van der Waals surface area contributed by atoms with Gasteiger partial charge in [0.1, 0.15) is 5.02 Å². The van der Waals surface area contributed by atoms with Gasteiger partial charge < -0.3 is 15.5 Å². The normalized spacial score (nSPS) is 20.3. The average molecular weight is 314 g/mol. The zero-order chi connectivity index (χ0) is 15.6. The molecule has 1 aliphatic rings. The first kappa shape index (κ1) is 16.3. The summed E-state index contributed by atoms with van der Waals surface area (Å²) in [6.45, 7) is 5.01. The largest absolute Gasteiger partial charge is 0.369 e. The van der Waals surface area contributed by atoms with Crippen LogP contribution in [0.5, 0.6) is 0 Å². The first-order valence-corrected chi connectivity index (χ1v) is 7.69. The summed E-state index contributed by atoms with van der Waals surface area (Å²) in [4.78, 5) is 16.4. The van der Waals surface area contributed by atoms with Gasteiger partial charge in [-0.05, 0) is 33.4 Å². The highest BCUT2D eigenvalue weighted by Crippen LogP contribution is 2.28. The molecule has 21 heavy (non-hydrogen) atoms. The van der Waals surface area contributed by atoms with E-state index in [0.717, 1.165) is 31.7 Å². The molecule has 118 valence electrons. The van der Waals surface area contributed by atoms with Crippen molar-refractivity contribution in [3.8, 4) is 0 Å². The van der Waals surface area contributed by atoms with E-state index in [2.05, 4.69) is 10.00 Å². The maximum absolute atomic E-state index is 12.3. The van der Waals surface area contributed by atoms with Crippen molar-refractivity contribution in [2.24, 2.45) is 11.7 Å². The second-order valence-corrected chi connectivity index (χ2v) is 6.41. The van der Waals surface area contributed by atoms with Crippen molar-refractivity contribution in [2.45, 2.75) is 25.9 Å². The summed E-state index contributed by atoms with van der Waals surface area (Å²) in [5.74, 6) is 0.442. The highest BCUT2D eigenvalue weighted by atomic mass is 35.5. The quantitative estimate of drug-likeness (QED) is 0.863. The van der Waals surface area contributed by atoms with E-state index in [-0.39, 0.29) is 16.6 Å². The number of rotatable bonds is 5. The van der Waals surface area contributed by atoms with Gasteiger partial charge >= 0.3 is 0 Å². The number of nitrogens with two attached hydrogens (primary N) is 1. The Kier molecular flexibility index (Phi) is 5.24. The fraction of sp³-hybridized carbons (Fsp3) is 0.714. The van der Waals surface area contributed by atoms with Crippen molar-refractivity contribution in [3.63, 3.8) is 0 Å². The second-order valence-electron chi connectivity index (χ2n) is 6.03. The highest BCUT2D eigenvalue weighted by molar-refractivity contribution is 6.33. The fourth-order valence-corrected chi connectivity index (χ4v) is 2.83. The van der Waals surface area contributed by atoms with Gasteiger partial charge in [-0.2, -0.15) is 5.10 Å². The lowest BCUT2D eigenvalue weighted by Crippen LogP contribution is -2.32. The van der Waals surface area contributed by atoms with Gasteiger partial charge in [0.2, 0.25) is 0 Å². The van der Waals surface area contributed by atoms with Crippen LogP contribution < -0.4 is 16.2 Å². The molecule has 1 saturated heterocycles. The number of hydrogen-bond donors (Lipinski definition) is 1. The van der Waals surface area contributed by atoms with Crippen molar-refractivity contribution in [1.29, 1.82) is 0 Å². The molecule has 1 aliphatic heterocycles. The molecule has 2 rings (SSSR count). The van der Waals surface area contributed by atoms with Gasteiger partial charge in [-0.3, -0.25) is 4.79 Å². The highest BCUT2D eigenvalue weighted by Gasteiger charge is 2.27. The third-order valence-electron chi connectivity index (χ3n) is 4.03. The van der Waals surface area contributed by atoms with Crippen molar-refractivity contribution in [1.82, 2.24) is 14.7 Å². The minimum Gasteiger partial charge on any atom is -0.369 e. The van der Waals surface area contributed by atoms with Crippen molar-refractivity contribution in [3.05, 3.63) is 21.6 Å². The van der Waals surface area contributed by atoms with E-state index < -0.39 is 0 Å². The smallest absolute Gasteiger partial charge is 0.287 e. The average Bonchev–Trinajstić information content (AvgIpc) is 2.90. The predicted molar refractivity (Wildman–Crippen MR) is 86.0 cm³/mol. The minimum absolute atomic E-state index is 0.155.